The van der Waals surface area contributed by atoms with Gasteiger partial charge in [0, 0.05) is 45.8 Å². The molecule has 2 atom stereocenters. The number of aryl methyl sites for hydroxylation is 1. The number of hydrogen-bond donors (Lipinski definition) is 2. The number of benzene rings is 1. The Morgan fingerprint density at radius 3 is 2.84 bits per heavy atom. The lowest BCUT2D eigenvalue weighted by atomic mass is 10.0. The van der Waals surface area contributed by atoms with E-state index in [4.69, 9.17) is 4.74 Å². The van der Waals surface area contributed by atoms with Crippen molar-refractivity contribution in [3.05, 3.63) is 47.5 Å². The first-order chi connectivity index (χ1) is 15.2. The first kappa shape index (κ1) is 24.9. The second kappa shape index (κ2) is 12.5. The van der Waals surface area contributed by atoms with E-state index >= 15 is 0 Å². The topological polar surface area (TPSA) is 79.6 Å². The summed E-state index contributed by atoms with van der Waals surface area (Å²) in [5, 5.41) is 11.7. The Hall–Kier alpha value is -1.72. The van der Waals surface area contributed by atoms with E-state index in [0.717, 1.165) is 56.6 Å². The highest BCUT2D eigenvalue weighted by Gasteiger charge is 2.25. The Kier molecular flexibility index (Phi) is 9.73. The van der Waals surface area contributed by atoms with Crippen LogP contribution in [0, 0.1) is 0 Å². The first-order valence-corrected chi connectivity index (χ1v) is 11.4. The quantitative estimate of drug-likeness (QED) is 0.312. The number of fused-ring (bicyclic) bond motifs is 1. The Morgan fingerprint density at radius 2 is 2.06 bits per heavy atom. The molecule has 1 aromatic heterocycles. The van der Waals surface area contributed by atoms with Crippen molar-refractivity contribution < 1.29 is 4.74 Å². The summed E-state index contributed by atoms with van der Waals surface area (Å²) in [6.07, 6.45) is 5.74. The number of hydrogen-bond acceptors (Lipinski definition) is 5. The summed E-state index contributed by atoms with van der Waals surface area (Å²) in [4.78, 5) is 11.6. The van der Waals surface area contributed by atoms with E-state index in [0.29, 0.717) is 18.7 Å². The molecule has 2 aromatic rings. The molecule has 0 amide bonds. The minimum Gasteiger partial charge on any atom is -0.377 e. The van der Waals surface area contributed by atoms with Gasteiger partial charge in [-0.1, -0.05) is 36.8 Å². The van der Waals surface area contributed by atoms with Gasteiger partial charge in [0.2, 0.25) is 0 Å². The molecular weight excluding hydrogens is 517 g/mol. The van der Waals surface area contributed by atoms with Crippen molar-refractivity contribution in [2.24, 2.45) is 4.99 Å². The van der Waals surface area contributed by atoms with Crippen LogP contribution in [0.25, 0.3) is 0 Å². The molecule has 2 aliphatic rings. The molecule has 32 heavy (non-hydrogen) atoms. The fraction of sp³-hybridized carbons (Fsp3) is 0.609. The van der Waals surface area contributed by atoms with E-state index in [1.165, 1.54) is 24.8 Å². The Balaban J connectivity index is 0.00000289. The second-order valence-corrected chi connectivity index (χ2v) is 8.50. The number of guanidine groups is 1. The van der Waals surface area contributed by atoms with E-state index in [-0.39, 0.29) is 24.0 Å². The van der Waals surface area contributed by atoms with Crippen molar-refractivity contribution >= 4 is 29.9 Å². The normalized spacial score (nSPS) is 21.5. The highest BCUT2D eigenvalue weighted by molar-refractivity contribution is 14.0. The number of nitrogens with zero attached hydrogens (tertiary/aromatic N) is 5. The lowest BCUT2D eigenvalue weighted by Gasteiger charge is -2.36. The lowest BCUT2D eigenvalue weighted by Crippen LogP contribution is -2.51. The number of aromatic nitrogens is 3. The molecule has 2 N–H and O–H groups in total. The maximum atomic E-state index is 5.16. The number of methoxy groups -OCH3 is 1. The number of halogens is 1. The van der Waals surface area contributed by atoms with Crippen LogP contribution in [0.1, 0.15) is 42.9 Å². The van der Waals surface area contributed by atoms with Crippen LogP contribution in [0.2, 0.25) is 0 Å². The summed E-state index contributed by atoms with van der Waals surface area (Å²) >= 11 is 0. The molecule has 4 rings (SSSR count). The van der Waals surface area contributed by atoms with Crippen molar-refractivity contribution in [3.63, 3.8) is 0 Å². The molecule has 0 aliphatic carbocycles. The van der Waals surface area contributed by atoms with Crippen LogP contribution in [0.4, 0.5) is 0 Å². The van der Waals surface area contributed by atoms with Crippen LogP contribution in [0.3, 0.4) is 0 Å². The molecule has 1 saturated heterocycles. The Bertz CT molecular complexity index is 857. The van der Waals surface area contributed by atoms with Crippen LogP contribution in [-0.4, -0.2) is 65.0 Å². The number of rotatable bonds is 7. The van der Waals surface area contributed by atoms with Gasteiger partial charge in [-0.05, 0) is 31.4 Å². The van der Waals surface area contributed by atoms with Gasteiger partial charge in [0.1, 0.15) is 12.4 Å². The van der Waals surface area contributed by atoms with Crippen molar-refractivity contribution in [2.75, 3.05) is 27.2 Å². The van der Waals surface area contributed by atoms with Crippen LogP contribution in [0.5, 0.6) is 0 Å². The van der Waals surface area contributed by atoms with Crippen LogP contribution in [0.15, 0.2) is 35.3 Å². The zero-order valence-corrected chi connectivity index (χ0v) is 21.5. The van der Waals surface area contributed by atoms with Crippen LogP contribution >= 0.6 is 24.0 Å². The van der Waals surface area contributed by atoms with E-state index in [1.54, 1.807) is 7.11 Å². The number of aliphatic imine (C=N–C) groups is 1. The number of nitrogens with one attached hydrogen (secondary N) is 2. The summed E-state index contributed by atoms with van der Waals surface area (Å²) in [6.45, 7) is 4.35. The molecule has 1 fully saturated rings. The van der Waals surface area contributed by atoms with E-state index in [9.17, 15) is 0 Å². The molecule has 0 spiro atoms. The lowest BCUT2D eigenvalue weighted by molar-refractivity contribution is 0.141. The zero-order valence-electron chi connectivity index (χ0n) is 19.2. The summed E-state index contributed by atoms with van der Waals surface area (Å²) in [6, 6.07) is 11.6. The molecule has 0 bridgehead atoms. The third kappa shape index (κ3) is 6.64. The third-order valence-corrected chi connectivity index (χ3v) is 6.22. The van der Waals surface area contributed by atoms with Gasteiger partial charge in [-0.15, -0.1) is 24.0 Å². The molecule has 9 heteroatoms. The van der Waals surface area contributed by atoms with Crippen molar-refractivity contribution in [3.8, 4) is 0 Å². The fourth-order valence-corrected chi connectivity index (χ4v) is 4.59. The van der Waals surface area contributed by atoms with Gasteiger partial charge in [-0.25, -0.2) is 9.67 Å². The van der Waals surface area contributed by atoms with Gasteiger partial charge in [0.15, 0.2) is 11.8 Å². The summed E-state index contributed by atoms with van der Waals surface area (Å²) < 4.78 is 7.17. The average molecular weight is 553 g/mol. The van der Waals surface area contributed by atoms with Crippen LogP contribution < -0.4 is 10.6 Å². The molecule has 2 aliphatic heterocycles. The van der Waals surface area contributed by atoms with Gasteiger partial charge in [-0.2, -0.15) is 5.10 Å². The SMILES string of the molecule is CN=C(NCC1CCCCN1Cc1ccccc1)NC1CCc2nc(COC)nn2C1.I. The smallest absolute Gasteiger partial charge is 0.191 e. The minimum atomic E-state index is 0. The monoisotopic (exact) mass is 553 g/mol. The maximum Gasteiger partial charge on any atom is 0.191 e. The predicted molar refractivity (Wildman–Crippen MR) is 137 cm³/mol. The molecule has 3 heterocycles. The van der Waals surface area contributed by atoms with E-state index in [2.05, 4.69) is 60.9 Å². The van der Waals surface area contributed by atoms with Crippen molar-refractivity contribution in [1.29, 1.82) is 0 Å². The van der Waals surface area contributed by atoms with Crippen LogP contribution in [-0.2, 0) is 30.9 Å². The molecule has 2 unspecified atom stereocenters. The molecule has 0 saturated carbocycles. The number of piperidine rings is 1. The molecule has 8 nitrogen and oxygen atoms in total. The Labute approximate surface area is 208 Å². The Morgan fingerprint density at radius 1 is 1.22 bits per heavy atom. The van der Waals surface area contributed by atoms with Gasteiger partial charge in [-0.3, -0.25) is 9.89 Å². The van der Waals surface area contributed by atoms with Gasteiger partial charge in [0.05, 0.1) is 6.54 Å². The first-order valence-electron chi connectivity index (χ1n) is 11.4. The van der Waals surface area contributed by atoms with E-state index in [1.807, 2.05) is 11.7 Å². The second-order valence-electron chi connectivity index (χ2n) is 8.50. The van der Waals surface area contributed by atoms with Gasteiger partial charge >= 0.3 is 0 Å². The summed E-state index contributed by atoms with van der Waals surface area (Å²) in [7, 11) is 3.52. The summed E-state index contributed by atoms with van der Waals surface area (Å²) in [5.74, 6) is 2.68. The third-order valence-electron chi connectivity index (χ3n) is 6.22. The van der Waals surface area contributed by atoms with Gasteiger partial charge in [0.25, 0.3) is 0 Å². The number of likely N-dealkylation sites (tertiary alicyclic amines) is 1. The van der Waals surface area contributed by atoms with Crippen molar-refractivity contribution in [2.45, 2.75) is 63.9 Å². The maximum absolute atomic E-state index is 5.16. The average Bonchev–Trinajstić information content (AvgIpc) is 3.20. The highest BCUT2D eigenvalue weighted by Crippen LogP contribution is 2.19. The molecular formula is C23H36IN7O. The predicted octanol–water partition coefficient (Wildman–Crippen LogP) is 2.58. The largest absolute Gasteiger partial charge is 0.377 e. The number of ether oxygens (including phenoxy) is 1. The zero-order chi connectivity index (χ0) is 21.5. The standard InChI is InChI=1S/C23H35N7O.HI/c1-24-23(26-19-11-12-22-27-21(17-31-2)28-30(22)16-19)25-14-20-10-6-7-13-29(20)15-18-8-4-3-5-9-18;/h3-5,8-9,19-20H,6-7,10-17H2,1-2H3,(H2,24,25,26);1H. The van der Waals surface area contributed by atoms with E-state index < -0.39 is 0 Å². The summed E-state index contributed by atoms with van der Waals surface area (Å²) in [5.41, 5.74) is 1.38. The van der Waals surface area contributed by atoms with Crippen molar-refractivity contribution in [1.82, 2.24) is 30.3 Å². The fourth-order valence-electron chi connectivity index (χ4n) is 4.59. The molecule has 176 valence electrons. The minimum absolute atomic E-state index is 0. The molecule has 1 aromatic carbocycles. The highest BCUT2D eigenvalue weighted by atomic mass is 127. The van der Waals surface area contributed by atoms with Gasteiger partial charge < -0.3 is 15.4 Å². The molecule has 0 radical (unpaired) electrons.